The molecule has 1 aliphatic carbocycles. The van der Waals surface area contributed by atoms with Crippen molar-refractivity contribution in [3.8, 4) is 0 Å². The van der Waals surface area contributed by atoms with Crippen molar-refractivity contribution in [2.45, 2.75) is 49.1 Å². The number of fused-ring (bicyclic) bond motifs is 4. The second kappa shape index (κ2) is 5.74. The van der Waals surface area contributed by atoms with Crippen LogP contribution in [0.3, 0.4) is 0 Å². The van der Waals surface area contributed by atoms with E-state index in [2.05, 4.69) is 24.3 Å². The zero-order valence-electron chi connectivity index (χ0n) is 13.3. The first-order valence-electron chi connectivity index (χ1n) is 8.58. The van der Waals surface area contributed by atoms with Gasteiger partial charge in [0.1, 0.15) is 4.83 Å². The van der Waals surface area contributed by atoms with Gasteiger partial charge in [-0.2, -0.15) is 0 Å². The summed E-state index contributed by atoms with van der Waals surface area (Å²) in [6.45, 7) is 0.772. The van der Waals surface area contributed by atoms with Gasteiger partial charge in [-0.3, -0.25) is 9.36 Å². The van der Waals surface area contributed by atoms with E-state index in [1.54, 1.807) is 23.1 Å². The number of hydrogen-bond acceptors (Lipinski definition) is 4. The lowest BCUT2D eigenvalue weighted by atomic mass is 9.97. The first-order chi connectivity index (χ1) is 11.8. The Kier molecular flexibility index (Phi) is 3.52. The zero-order valence-corrected chi connectivity index (χ0v) is 15.0. The Morgan fingerprint density at radius 3 is 2.83 bits per heavy atom. The predicted octanol–water partition coefficient (Wildman–Crippen LogP) is 4.57. The number of hydrogen-bond donors (Lipinski definition) is 0. The molecule has 122 valence electrons. The third-order valence-electron chi connectivity index (χ3n) is 5.07. The molecule has 1 unspecified atom stereocenters. The van der Waals surface area contributed by atoms with Crippen molar-refractivity contribution in [3.63, 3.8) is 0 Å². The Morgan fingerprint density at radius 2 is 1.96 bits per heavy atom. The van der Waals surface area contributed by atoms with Gasteiger partial charge in [-0.05, 0) is 43.2 Å². The predicted molar refractivity (Wildman–Crippen MR) is 100 cm³/mol. The highest BCUT2D eigenvalue weighted by Gasteiger charge is 2.27. The summed E-state index contributed by atoms with van der Waals surface area (Å²) in [5.74, 6) is 0. The monoisotopic (exact) mass is 354 g/mol. The molecule has 2 aliphatic rings. The van der Waals surface area contributed by atoms with Crippen LogP contribution >= 0.6 is 23.1 Å². The topological polar surface area (TPSA) is 34.9 Å². The Labute approximate surface area is 148 Å². The summed E-state index contributed by atoms with van der Waals surface area (Å²) in [6, 6.07) is 10.6. The number of thioether (sulfide) groups is 1. The Morgan fingerprint density at radius 1 is 1.12 bits per heavy atom. The van der Waals surface area contributed by atoms with Gasteiger partial charge in [0.05, 0.1) is 5.39 Å². The van der Waals surface area contributed by atoms with Crippen LogP contribution in [0.4, 0.5) is 0 Å². The van der Waals surface area contributed by atoms with Crippen LogP contribution in [0.5, 0.6) is 0 Å². The van der Waals surface area contributed by atoms with E-state index >= 15 is 0 Å². The van der Waals surface area contributed by atoms with Gasteiger partial charge in [-0.15, -0.1) is 11.3 Å². The van der Waals surface area contributed by atoms with E-state index in [9.17, 15) is 4.79 Å². The van der Waals surface area contributed by atoms with Crippen molar-refractivity contribution >= 4 is 33.3 Å². The average Bonchev–Trinajstić information content (AvgIpc) is 3.00. The van der Waals surface area contributed by atoms with Gasteiger partial charge in [0.15, 0.2) is 5.16 Å². The van der Waals surface area contributed by atoms with Gasteiger partial charge in [0.25, 0.3) is 5.56 Å². The summed E-state index contributed by atoms with van der Waals surface area (Å²) in [7, 11) is 0. The molecule has 0 fully saturated rings. The molecule has 5 heteroatoms. The highest BCUT2D eigenvalue weighted by Crippen LogP contribution is 2.42. The van der Waals surface area contributed by atoms with E-state index in [0.717, 1.165) is 41.2 Å². The van der Waals surface area contributed by atoms with E-state index in [1.807, 2.05) is 10.6 Å². The van der Waals surface area contributed by atoms with Gasteiger partial charge in [-0.1, -0.05) is 42.1 Å². The second-order valence-corrected chi connectivity index (χ2v) is 8.80. The summed E-state index contributed by atoms with van der Waals surface area (Å²) >= 11 is 3.49. The zero-order chi connectivity index (χ0) is 16.1. The van der Waals surface area contributed by atoms with Crippen LogP contribution in [-0.4, -0.2) is 9.55 Å². The van der Waals surface area contributed by atoms with Crippen LogP contribution in [0.15, 0.2) is 40.3 Å². The third kappa shape index (κ3) is 2.25. The fraction of sp³-hybridized carbons (Fsp3) is 0.368. The standard InChI is InChI=1S/C19H18N2OS2/c22-18-16-13-8-4-5-9-15(13)23-17(16)20-19-21(18)11-10-14(24-19)12-6-2-1-3-7-12/h1-3,6-7,14H,4-5,8-11H2. The third-order valence-corrected chi connectivity index (χ3v) is 7.57. The molecular weight excluding hydrogens is 336 g/mol. The summed E-state index contributed by atoms with van der Waals surface area (Å²) in [5.41, 5.74) is 2.81. The van der Waals surface area contributed by atoms with Crippen molar-refractivity contribution in [2.24, 2.45) is 0 Å². The molecule has 24 heavy (non-hydrogen) atoms. The Bertz CT molecular complexity index is 974. The van der Waals surface area contributed by atoms with E-state index in [0.29, 0.717) is 5.25 Å². The number of nitrogens with zero attached hydrogens (tertiary/aromatic N) is 2. The normalized spacial score (nSPS) is 19.9. The van der Waals surface area contributed by atoms with Gasteiger partial charge in [0.2, 0.25) is 0 Å². The van der Waals surface area contributed by atoms with Gasteiger partial charge >= 0.3 is 0 Å². The van der Waals surface area contributed by atoms with Crippen LogP contribution in [0, 0.1) is 0 Å². The number of benzene rings is 1. The molecule has 2 aromatic heterocycles. The van der Waals surface area contributed by atoms with Crippen LogP contribution in [0.25, 0.3) is 10.2 Å². The highest BCUT2D eigenvalue weighted by molar-refractivity contribution is 7.99. The average molecular weight is 355 g/mol. The lowest BCUT2D eigenvalue weighted by molar-refractivity contribution is 0.537. The van der Waals surface area contributed by atoms with Crippen LogP contribution < -0.4 is 5.56 Å². The number of rotatable bonds is 1. The van der Waals surface area contributed by atoms with E-state index in [-0.39, 0.29) is 5.56 Å². The molecule has 0 saturated heterocycles. The Balaban J connectivity index is 1.62. The maximum Gasteiger partial charge on any atom is 0.263 e. The van der Waals surface area contributed by atoms with Gasteiger partial charge < -0.3 is 0 Å². The molecule has 0 spiro atoms. The molecule has 0 N–H and O–H groups in total. The molecule has 1 atom stereocenters. The van der Waals surface area contributed by atoms with Crippen molar-refractivity contribution in [1.82, 2.24) is 9.55 Å². The molecule has 0 radical (unpaired) electrons. The molecule has 1 aromatic carbocycles. The van der Waals surface area contributed by atoms with Crippen LogP contribution in [0.2, 0.25) is 0 Å². The molecule has 3 heterocycles. The minimum Gasteiger partial charge on any atom is -0.287 e. The summed E-state index contributed by atoms with van der Waals surface area (Å²) < 4.78 is 1.91. The van der Waals surface area contributed by atoms with Crippen molar-refractivity contribution in [1.29, 1.82) is 0 Å². The van der Waals surface area contributed by atoms with E-state index in [1.165, 1.54) is 28.8 Å². The smallest absolute Gasteiger partial charge is 0.263 e. The van der Waals surface area contributed by atoms with Crippen molar-refractivity contribution in [3.05, 3.63) is 56.7 Å². The van der Waals surface area contributed by atoms with E-state index < -0.39 is 0 Å². The minimum atomic E-state index is 0.188. The first kappa shape index (κ1) is 14.7. The maximum atomic E-state index is 13.1. The van der Waals surface area contributed by atoms with Crippen LogP contribution in [-0.2, 0) is 19.4 Å². The van der Waals surface area contributed by atoms with Crippen molar-refractivity contribution in [2.75, 3.05) is 0 Å². The summed E-state index contributed by atoms with van der Waals surface area (Å²) in [5, 5.41) is 2.20. The second-order valence-electron chi connectivity index (χ2n) is 6.55. The van der Waals surface area contributed by atoms with Crippen molar-refractivity contribution < 1.29 is 0 Å². The minimum absolute atomic E-state index is 0.188. The summed E-state index contributed by atoms with van der Waals surface area (Å²) in [4.78, 5) is 20.3. The Hall–Kier alpha value is -1.59. The molecule has 3 nitrogen and oxygen atoms in total. The van der Waals surface area contributed by atoms with Gasteiger partial charge in [-0.25, -0.2) is 4.98 Å². The van der Waals surface area contributed by atoms with Gasteiger partial charge in [0, 0.05) is 16.7 Å². The lowest BCUT2D eigenvalue weighted by Gasteiger charge is -2.24. The van der Waals surface area contributed by atoms with E-state index in [4.69, 9.17) is 4.98 Å². The largest absolute Gasteiger partial charge is 0.287 e. The fourth-order valence-electron chi connectivity index (χ4n) is 3.84. The number of aromatic nitrogens is 2. The molecule has 0 amide bonds. The molecule has 1 aliphatic heterocycles. The quantitative estimate of drug-likeness (QED) is 0.600. The summed E-state index contributed by atoms with van der Waals surface area (Å²) in [6.07, 6.45) is 5.59. The molecule has 0 bridgehead atoms. The molecular formula is C19H18N2OS2. The fourth-order valence-corrected chi connectivity index (χ4v) is 6.37. The number of thiophene rings is 1. The lowest BCUT2D eigenvalue weighted by Crippen LogP contribution is -2.27. The molecule has 0 saturated carbocycles. The SMILES string of the molecule is O=c1c2c3c(sc2nc2n1CCC(c1ccccc1)S2)CCCC3. The maximum absolute atomic E-state index is 13.1. The molecule has 3 aromatic rings. The number of aryl methyl sites for hydroxylation is 2. The highest BCUT2D eigenvalue weighted by atomic mass is 32.2. The molecule has 5 rings (SSSR count). The van der Waals surface area contributed by atoms with Crippen LogP contribution in [0.1, 0.15) is 40.5 Å². The first-order valence-corrected chi connectivity index (χ1v) is 10.3.